The van der Waals surface area contributed by atoms with Crippen molar-refractivity contribution < 1.29 is 0 Å². The summed E-state index contributed by atoms with van der Waals surface area (Å²) in [5.41, 5.74) is 4.00. The molecular weight excluding hydrogens is 224 g/mol. The Hall–Kier alpha value is -2.09. The van der Waals surface area contributed by atoms with Gasteiger partial charge in [0.2, 0.25) is 5.82 Å². The molecule has 2 heterocycles. The van der Waals surface area contributed by atoms with Crippen LogP contribution in [0.2, 0.25) is 5.02 Å². The third-order valence-corrected chi connectivity index (χ3v) is 1.90. The van der Waals surface area contributed by atoms with Gasteiger partial charge < -0.3 is 5.73 Å². The molecule has 0 fully saturated rings. The van der Waals surface area contributed by atoms with Crippen molar-refractivity contribution in [3.63, 3.8) is 0 Å². The van der Waals surface area contributed by atoms with Gasteiger partial charge in [-0.15, -0.1) is 10.2 Å². The maximum absolute atomic E-state index is 11.3. The summed E-state index contributed by atoms with van der Waals surface area (Å²) in [7, 11) is 0. The second kappa shape index (κ2) is 3.24. The molecular formula is C6H5ClN6O2. The molecule has 8 nitrogen and oxygen atoms in total. The van der Waals surface area contributed by atoms with E-state index in [0.29, 0.717) is 0 Å². The van der Waals surface area contributed by atoms with Crippen LogP contribution in [0.4, 0.5) is 5.82 Å². The number of anilines is 1. The van der Waals surface area contributed by atoms with Crippen molar-refractivity contribution in [2.45, 2.75) is 0 Å². The maximum atomic E-state index is 11.3. The highest BCUT2D eigenvalue weighted by Crippen LogP contribution is 2.15. The first kappa shape index (κ1) is 9.46. The van der Waals surface area contributed by atoms with Gasteiger partial charge >= 0.3 is 5.69 Å². The molecule has 0 aliphatic heterocycles. The van der Waals surface area contributed by atoms with Crippen LogP contribution >= 0.6 is 11.6 Å². The van der Waals surface area contributed by atoms with Gasteiger partial charge in [0, 0.05) is 0 Å². The van der Waals surface area contributed by atoms with Crippen LogP contribution in [-0.4, -0.2) is 25.0 Å². The molecule has 9 heteroatoms. The number of hydrogen-bond donors (Lipinski definition) is 3. The Kier molecular flexibility index (Phi) is 2.05. The lowest BCUT2D eigenvalue weighted by Gasteiger charge is -1.95. The van der Waals surface area contributed by atoms with Gasteiger partial charge in [0.1, 0.15) is 5.02 Å². The molecule has 0 radical (unpaired) electrons. The average Bonchev–Trinajstić information content (AvgIpc) is 2.46. The third kappa shape index (κ3) is 1.62. The number of aromatic amines is 2. The SMILES string of the molecule is Nc1nn(-c2n[nH]c(=O)[nH]c2=O)cc1Cl. The lowest BCUT2D eigenvalue weighted by Crippen LogP contribution is -2.28. The number of nitrogens with one attached hydrogen (secondary N) is 2. The predicted octanol–water partition coefficient (Wildman–Crippen LogP) is -1.12. The summed E-state index contributed by atoms with van der Waals surface area (Å²) < 4.78 is 1.08. The number of hydrogen-bond acceptors (Lipinski definition) is 5. The Morgan fingerprint density at radius 3 is 2.73 bits per heavy atom. The molecule has 0 aliphatic rings. The highest BCUT2D eigenvalue weighted by atomic mass is 35.5. The van der Waals surface area contributed by atoms with Crippen molar-refractivity contribution in [1.82, 2.24) is 25.0 Å². The van der Waals surface area contributed by atoms with E-state index in [9.17, 15) is 9.59 Å². The van der Waals surface area contributed by atoms with Crippen molar-refractivity contribution in [3.05, 3.63) is 32.1 Å². The third-order valence-electron chi connectivity index (χ3n) is 1.61. The number of nitrogens with zero attached hydrogens (tertiary/aromatic N) is 3. The Morgan fingerprint density at radius 1 is 1.47 bits per heavy atom. The van der Waals surface area contributed by atoms with E-state index in [4.69, 9.17) is 17.3 Å². The minimum absolute atomic E-state index is 0.0732. The zero-order chi connectivity index (χ0) is 11.0. The molecule has 0 aliphatic carbocycles. The first-order valence-corrected chi connectivity index (χ1v) is 4.16. The molecule has 0 unspecified atom stereocenters. The van der Waals surface area contributed by atoms with E-state index < -0.39 is 11.2 Å². The Bertz CT molecular complexity index is 591. The van der Waals surface area contributed by atoms with E-state index in [1.54, 1.807) is 0 Å². The van der Waals surface area contributed by atoms with Crippen LogP contribution in [0.15, 0.2) is 15.8 Å². The molecule has 0 atom stereocenters. The van der Waals surface area contributed by atoms with E-state index >= 15 is 0 Å². The Labute approximate surface area is 86.7 Å². The molecule has 2 rings (SSSR count). The Balaban J connectivity index is 2.64. The molecule has 2 aromatic rings. The van der Waals surface area contributed by atoms with Crippen LogP contribution in [0, 0.1) is 0 Å². The van der Waals surface area contributed by atoms with Crippen LogP contribution in [0.25, 0.3) is 5.82 Å². The summed E-state index contributed by atoms with van der Waals surface area (Å²) in [5.74, 6) is -0.0442. The number of aromatic nitrogens is 5. The van der Waals surface area contributed by atoms with Crippen LogP contribution in [0.3, 0.4) is 0 Å². The zero-order valence-electron chi connectivity index (χ0n) is 7.19. The van der Waals surface area contributed by atoms with Crippen molar-refractivity contribution in [2.75, 3.05) is 5.73 Å². The van der Waals surface area contributed by atoms with E-state index in [1.165, 1.54) is 6.20 Å². The molecule has 0 spiro atoms. The molecule has 0 bridgehead atoms. The van der Waals surface area contributed by atoms with E-state index in [2.05, 4.69) is 15.3 Å². The maximum Gasteiger partial charge on any atom is 0.342 e. The van der Waals surface area contributed by atoms with Gasteiger partial charge in [-0.3, -0.25) is 9.78 Å². The van der Waals surface area contributed by atoms with Crippen molar-refractivity contribution >= 4 is 17.4 Å². The van der Waals surface area contributed by atoms with Gasteiger partial charge in [0.15, 0.2) is 5.82 Å². The smallest absolute Gasteiger partial charge is 0.342 e. The fourth-order valence-electron chi connectivity index (χ4n) is 0.971. The van der Waals surface area contributed by atoms with Crippen LogP contribution < -0.4 is 17.0 Å². The largest absolute Gasteiger partial charge is 0.381 e. The standard InChI is InChI=1S/C6H5ClN6O2/c7-2-1-13(12-3(2)8)4-5(14)9-6(15)11-10-4/h1H,(H2,8,12)(H2,9,11,14,15). The topological polar surface area (TPSA) is 122 Å². The van der Waals surface area contributed by atoms with E-state index in [1.807, 2.05) is 4.98 Å². The monoisotopic (exact) mass is 228 g/mol. The minimum atomic E-state index is -0.699. The van der Waals surface area contributed by atoms with Crippen LogP contribution in [-0.2, 0) is 0 Å². The number of nitrogens with two attached hydrogens (primary N) is 1. The van der Waals surface area contributed by atoms with Crippen molar-refractivity contribution in [2.24, 2.45) is 0 Å². The van der Waals surface area contributed by atoms with Gasteiger partial charge in [-0.1, -0.05) is 11.6 Å². The molecule has 15 heavy (non-hydrogen) atoms. The van der Waals surface area contributed by atoms with E-state index in [-0.39, 0.29) is 16.7 Å². The summed E-state index contributed by atoms with van der Waals surface area (Å²) in [6.45, 7) is 0. The molecule has 0 saturated carbocycles. The minimum Gasteiger partial charge on any atom is -0.381 e. The number of halogens is 1. The lowest BCUT2D eigenvalue weighted by atomic mass is 10.6. The second-order valence-corrected chi connectivity index (χ2v) is 3.04. The molecule has 4 N–H and O–H groups in total. The first-order chi connectivity index (χ1) is 7.08. The van der Waals surface area contributed by atoms with Crippen LogP contribution in [0.1, 0.15) is 0 Å². The summed E-state index contributed by atoms with van der Waals surface area (Å²) in [5, 5.41) is 9.50. The van der Waals surface area contributed by atoms with Gasteiger partial charge in [-0.25, -0.2) is 14.6 Å². The van der Waals surface area contributed by atoms with Gasteiger partial charge in [-0.2, -0.15) is 0 Å². The summed E-state index contributed by atoms with van der Waals surface area (Å²) in [4.78, 5) is 24.0. The lowest BCUT2D eigenvalue weighted by molar-refractivity contribution is 0.768. The van der Waals surface area contributed by atoms with Gasteiger partial charge in [0.05, 0.1) is 6.20 Å². The van der Waals surface area contributed by atoms with Crippen molar-refractivity contribution in [1.29, 1.82) is 0 Å². The summed E-state index contributed by atoms with van der Waals surface area (Å²) in [6, 6.07) is 0. The molecule has 2 aromatic heterocycles. The number of H-pyrrole nitrogens is 2. The summed E-state index contributed by atoms with van der Waals surface area (Å²) >= 11 is 5.64. The van der Waals surface area contributed by atoms with Crippen LogP contribution in [0.5, 0.6) is 0 Å². The van der Waals surface area contributed by atoms with Crippen molar-refractivity contribution in [3.8, 4) is 5.82 Å². The Morgan fingerprint density at radius 2 is 2.20 bits per heavy atom. The molecule has 0 amide bonds. The highest BCUT2D eigenvalue weighted by Gasteiger charge is 2.09. The van der Waals surface area contributed by atoms with E-state index in [0.717, 1.165) is 4.68 Å². The average molecular weight is 229 g/mol. The fourth-order valence-corrected chi connectivity index (χ4v) is 1.10. The zero-order valence-corrected chi connectivity index (χ0v) is 7.95. The first-order valence-electron chi connectivity index (χ1n) is 3.78. The highest BCUT2D eigenvalue weighted by molar-refractivity contribution is 6.32. The van der Waals surface area contributed by atoms with Gasteiger partial charge in [0.25, 0.3) is 5.56 Å². The second-order valence-electron chi connectivity index (χ2n) is 2.64. The predicted molar refractivity (Wildman–Crippen MR) is 52.0 cm³/mol. The summed E-state index contributed by atoms with van der Waals surface area (Å²) in [6.07, 6.45) is 1.31. The molecule has 0 aromatic carbocycles. The molecule has 0 saturated heterocycles. The number of nitrogen functional groups attached to an aromatic ring is 1. The van der Waals surface area contributed by atoms with Gasteiger partial charge in [-0.05, 0) is 0 Å². The quantitative estimate of drug-likeness (QED) is 0.571. The normalized spacial score (nSPS) is 10.5. The number of rotatable bonds is 1. The fraction of sp³-hybridized carbons (Fsp3) is 0. The molecule has 78 valence electrons.